The van der Waals surface area contributed by atoms with E-state index in [0.29, 0.717) is 15.6 Å². The lowest BCUT2D eigenvalue weighted by Crippen LogP contribution is -2.29. The maximum atomic E-state index is 13.2. The molecule has 0 aliphatic rings. The summed E-state index contributed by atoms with van der Waals surface area (Å²) in [5.41, 5.74) is -0.402. The van der Waals surface area contributed by atoms with Gasteiger partial charge in [-0.3, -0.25) is 9.18 Å². The summed E-state index contributed by atoms with van der Waals surface area (Å²) in [4.78, 5) is 16.4. The topological polar surface area (TPSA) is 47.8 Å². The van der Waals surface area contributed by atoms with Crippen LogP contribution < -0.4 is 0 Å². The number of Topliss-reactive ketones (excluding diaryl/α,β-unsaturated/α-hetero) is 1. The standard InChI is InChI=1S/C15H14Cl2FN3O/c1-15(2,7-18)14(22)13(21-9-19-8-20-21)5-10-3-4-11(16)6-12(10)17/h3-6,8-9H,7H2,1-2H3/b13-5-. The van der Waals surface area contributed by atoms with Crippen LogP contribution in [-0.4, -0.2) is 27.2 Å². The number of hydrogen-bond acceptors (Lipinski definition) is 3. The summed E-state index contributed by atoms with van der Waals surface area (Å²) in [5, 5.41) is 4.82. The highest BCUT2D eigenvalue weighted by Gasteiger charge is 2.31. The molecule has 0 saturated carbocycles. The summed E-state index contributed by atoms with van der Waals surface area (Å²) in [6.07, 6.45) is 4.22. The van der Waals surface area contributed by atoms with Crippen LogP contribution in [0.4, 0.5) is 4.39 Å². The zero-order chi connectivity index (χ0) is 16.3. The molecule has 0 saturated heterocycles. The van der Waals surface area contributed by atoms with Gasteiger partial charge in [0.2, 0.25) is 0 Å². The van der Waals surface area contributed by atoms with Gasteiger partial charge in [-0.2, -0.15) is 5.10 Å². The van der Waals surface area contributed by atoms with Gasteiger partial charge in [-0.05, 0) is 37.6 Å². The molecule has 0 fully saturated rings. The monoisotopic (exact) mass is 341 g/mol. The number of benzene rings is 1. The Morgan fingerprint density at radius 3 is 2.68 bits per heavy atom. The molecule has 0 spiro atoms. The Morgan fingerprint density at radius 2 is 2.14 bits per heavy atom. The molecule has 2 aromatic rings. The molecule has 0 atom stereocenters. The van der Waals surface area contributed by atoms with Gasteiger partial charge in [0.25, 0.3) is 0 Å². The Balaban J connectivity index is 2.54. The molecule has 1 aromatic carbocycles. The van der Waals surface area contributed by atoms with E-state index in [1.807, 2.05) is 0 Å². The van der Waals surface area contributed by atoms with Crippen molar-refractivity contribution in [3.05, 3.63) is 46.5 Å². The van der Waals surface area contributed by atoms with E-state index in [4.69, 9.17) is 23.2 Å². The van der Waals surface area contributed by atoms with Crippen molar-refractivity contribution >= 4 is 40.8 Å². The van der Waals surface area contributed by atoms with Crippen LogP contribution >= 0.6 is 23.2 Å². The number of halogens is 3. The summed E-state index contributed by atoms with van der Waals surface area (Å²) in [7, 11) is 0. The Morgan fingerprint density at radius 1 is 1.41 bits per heavy atom. The fraction of sp³-hybridized carbons (Fsp3) is 0.267. The van der Waals surface area contributed by atoms with Gasteiger partial charge in [-0.1, -0.05) is 29.3 Å². The van der Waals surface area contributed by atoms with Gasteiger partial charge in [0, 0.05) is 10.0 Å². The predicted octanol–water partition coefficient (Wildman–Crippen LogP) is 4.15. The van der Waals surface area contributed by atoms with Gasteiger partial charge in [0.05, 0.1) is 5.41 Å². The average Bonchev–Trinajstić information content (AvgIpc) is 3.00. The molecule has 0 radical (unpaired) electrons. The molecule has 0 aliphatic heterocycles. The first-order valence-electron chi connectivity index (χ1n) is 6.47. The van der Waals surface area contributed by atoms with Crippen molar-refractivity contribution in [1.82, 2.24) is 14.8 Å². The lowest BCUT2D eigenvalue weighted by atomic mass is 9.87. The number of alkyl halides is 1. The molecule has 7 heteroatoms. The van der Waals surface area contributed by atoms with E-state index in [9.17, 15) is 9.18 Å². The number of carbonyl (C=O) groups excluding carboxylic acids is 1. The van der Waals surface area contributed by atoms with Crippen molar-refractivity contribution in [3.8, 4) is 0 Å². The Hall–Kier alpha value is -1.72. The molecule has 116 valence electrons. The van der Waals surface area contributed by atoms with Crippen molar-refractivity contribution in [2.45, 2.75) is 13.8 Å². The number of aromatic nitrogens is 3. The third-order valence-corrected chi connectivity index (χ3v) is 3.66. The molecule has 0 aliphatic carbocycles. The number of nitrogens with zero attached hydrogens (tertiary/aromatic N) is 3. The molecule has 1 heterocycles. The highest BCUT2D eigenvalue weighted by Crippen LogP contribution is 2.28. The zero-order valence-corrected chi connectivity index (χ0v) is 13.6. The Bertz CT molecular complexity index is 712. The van der Waals surface area contributed by atoms with Crippen molar-refractivity contribution < 1.29 is 9.18 Å². The maximum Gasteiger partial charge on any atom is 0.189 e. The van der Waals surface area contributed by atoms with E-state index >= 15 is 0 Å². The number of carbonyl (C=O) groups is 1. The van der Waals surface area contributed by atoms with Gasteiger partial charge in [-0.15, -0.1) is 0 Å². The first-order chi connectivity index (χ1) is 10.3. The van der Waals surface area contributed by atoms with Crippen molar-refractivity contribution in [2.24, 2.45) is 5.41 Å². The minimum absolute atomic E-state index is 0.185. The second-order valence-corrected chi connectivity index (χ2v) is 6.23. The first kappa shape index (κ1) is 16.6. The summed E-state index contributed by atoms with van der Waals surface area (Å²) < 4.78 is 14.5. The summed E-state index contributed by atoms with van der Waals surface area (Å²) in [5.74, 6) is -0.397. The molecular weight excluding hydrogens is 328 g/mol. The number of hydrogen-bond donors (Lipinski definition) is 0. The predicted molar refractivity (Wildman–Crippen MR) is 85.4 cm³/mol. The molecule has 22 heavy (non-hydrogen) atoms. The third-order valence-electron chi connectivity index (χ3n) is 3.10. The van der Waals surface area contributed by atoms with Crippen LogP contribution in [0.1, 0.15) is 19.4 Å². The van der Waals surface area contributed by atoms with Gasteiger partial charge in [-0.25, -0.2) is 9.67 Å². The van der Waals surface area contributed by atoms with Crippen LogP contribution in [0.15, 0.2) is 30.9 Å². The van der Waals surface area contributed by atoms with Crippen molar-refractivity contribution in [1.29, 1.82) is 0 Å². The van der Waals surface area contributed by atoms with Gasteiger partial charge < -0.3 is 0 Å². The fourth-order valence-corrected chi connectivity index (χ4v) is 2.20. The van der Waals surface area contributed by atoms with Crippen LogP contribution in [0.25, 0.3) is 11.8 Å². The summed E-state index contributed by atoms with van der Waals surface area (Å²) in [6.45, 7) is 2.28. The summed E-state index contributed by atoms with van der Waals surface area (Å²) >= 11 is 12.0. The van der Waals surface area contributed by atoms with E-state index in [1.165, 1.54) is 31.2 Å². The zero-order valence-electron chi connectivity index (χ0n) is 12.1. The van der Waals surface area contributed by atoms with E-state index < -0.39 is 17.9 Å². The van der Waals surface area contributed by atoms with E-state index in [2.05, 4.69) is 10.1 Å². The minimum Gasteiger partial charge on any atom is -0.292 e. The van der Waals surface area contributed by atoms with Crippen LogP contribution in [0, 0.1) is 5.41 Å². The van der Waals surface area contributed by atoms with Gasteiger partial charge in [0.1, 0.15) is 25.0 Å². The lowest BCUT2D eigenvalue weighted by molar-refractivity contribution is -0.122. The lowest BCUT2D eigenvalue weighted by Gasteiger charge is -2.20. The van der Waals surface area contributed by atoms with Crippen LogP contribution in [-0.2, 0) is 4.79 Å². The molecule has 0 N–H and O–H groups in total. The van der Waals surface area contributed by atoms with Crippen molar-refractivity contribution in [2.75, 3.05) is 6.67 Å². The van der Waals surface area contributed by atoms with Crippen molar-refractivity contribution in [3.63, 3.8) is 0 Å². The number of rotatable bonds is 5. The molecule has 2 rings (SSSR count). The highest BCUT2D eigenvalue weighted by atomic mass is 35.5. The fourth-order valence-electron chi connectivity index (χ4n) is 1.74. The minimum atomic E-state index is -1.17. The Labute approximate surface area is 137 Å². The summed E-state index contributed by atoms with van der Waals surface area (Å²) in [6, 6.07) is 4.90. The molecule has 4 nitrogen and oxygen atoms in total. The molecular formula is C15H14Cl2FN3O. The van der Waals surface area contributed by atoms with E-state index in [-0.39, 0.29) is 5.70 Å². The first-order valence-corrected chi connectivity index (χ1v) is 7.23. The maximum absolute atomic E-state index is 13.2. The molecule has 0 amide bonds. The van der Waals surface area contributed by atoms with Crippen LogP contribution in [0.5, 0.6) is 0 Å². The molecule has 0 unspecified atom stereocenters. The molecule has 0 bridgehead atoms. The van der Waals surface area contributed by atoms with Gasteiger partial charge in [0.15, 0.2) is 5.78 Å². The highest BCUT2D eigenvalue weighted by molar-refractivity contribution is 6.36. The molecule has 1 aromatic heterocycles. The smallest absolute Gasteiger partial charge is 0.189 e. The quantitative estimate of drug-likeness (QED) is 0.767. The average molecular weight is 342 g/mol. The van der Waals surface area contributed by atoms with E-state index in [0.717, 1.165) is 0 Å². The number of allylic oxidation sites excluding steroid dienone is 1. The van der Waals surface area contributed by atoms with E-state index in [1.54, 1.807) is 24.3 Å². The third kappa shape index (κ3) is 3.54. The number of ketones is 1. The van der Waals surface area contributed by atoms with Crippen LogP contribution in [0.3, 0.4) is 0 Å². The second-order valence-electron chi connectivity index (χ2n) is 5.38. The normalized spacial score (nSPS) is 12.5. The Kier molecular flexibility index (Phi) is 4.98. The SMILES string of the molecule is CC(C)(CF)C(=O)/C(=C/c1ccc(Cl)cc1Cl)n1cncn1. The van der Waals surface area contributed by atoms with Crippen LogP contribution in [0.2, 0.25) is 10.0 Å². The second kappa shape index (κ2) is 6.58. The largest absolute Gasteiger partial charge is 0.292 e. The van der Waals surface area contributed by atoms with Gasteiger partial charge >= 0.3 is 0 Å².